The molecule has 1 saturated heterocycles. The van der Waals surface area contributed by atoms with Crippen LogP contribution in [-0.4, -0.2) is 49.7 Å². The van der Waals surface area contributed by atoms with Crippen LogP contribution in [0.4, 0.5) is 0 Å². The first-order valence-corrected chi connectivity index (χ1v) is 9.23. The quantitative estimate of drug-likeness (QED) is 0.832. The van der Waals surface area contributed by atoms with Gasteiger partial charge in [-0.2, -0.15) is 0 Å². The Morgan fingerprint density at radius 1 is 1.08 bits per heavy atom. The number of nitrogens with two attached hydrogens (primary N) is 1. The van der Waals surface area contributed by atoms with E-state index in [4.69, 9.17) is 10.5 Å². The summed E-state index contributed by atoms with van der Waals surface area (Å²) in [6.07, 6.45) is 0. The van der Waals surface area contributed by atoms with Gasteiger partial charge < -0.3 is 15.4 Å². The van der Waals surface area contributed by atoms with Crippen LogP contribution in [0.25, 0.3) is 11.1 Å². The molecule has 0 bridgehead atoms. The third-order valence-corrected chi connectivity index (χ3v) is 4.92. The third kappa shape index (κ3) is 4.94. The van der Waals surface area contributed by atoms with Crippen LogP contribution in [0.5, 0.6) is 0 Å². The second kappa shape index (κ2) is 8.99. The average molecular weight is 351 g/mol. The van der Waals surface area contributed by atoms with Gasteiger partial charge in [-0.05, 0) is 28.3 Å². The standard InChI is InChI=1S/C22H29N3O/c1-18(15-23)24(2)16-20-4-3-5-22(14-20)21-8-6-19(7-9-21)17-25-10-12-26-13-11-25/h3-9,14H,1,10-13,15-17,23H2,2H3. The lowest BCUT2D eigenvalue weighted by Gasteiger charge is -2.26. The fourth-order valence-electron chi connectivity index (χ4n) is 3.21. The molecule has 0 saturated carbocycles. The molecule has 2 aromatic carbocycles. The van der Waals surface area contributed by atoms with Crippen molar-refractivity contribution in [2.24, 2.45) is 5.73 Å². The van der Waals surface area contributed by atoms with Crippen molar-refractivity contribution in [3.05, 3.63) is 71.9 Å². The Kier molecular flexibility index (Phi) is 6.45. The van der Waals surface area contributed by atoms with Crippen LogP contribution in [0.3, 0.4) is 0 Å². The normalized spacial score (nSPS) is 15.0. The van der Waals surface area contributed by atoms with Crippen LogP contribution in [0, 0.1) is 0 Å². The molecule has 0 unspecified atom stereocenters. The van der Waals surface area contributed by atoms with Gasteiger partial charge in [-0.1, -0.05) is 49.0 Å². The van der Waals surface area contributed by atoms with Gasteiger partial charge in [0.05, 0.1) is 13.2 Å². The third-order valence-electron chi connectivity index (χ3n) is 4.92. The minimum atomic E-state index is 0.487. The lowest BCUT2D eigenvalue weighted by Crippen LogP contribution is -2.35. The first kappa shape index (κ1) is 18.6. The Morgan fingerprint density at radius 3 is 2.50 bits per heavy atom. The van der Waals surface area contributed by atoms with E-state index in [1.54, 1.807) is 0 Å². The first-order chi connectivity index (χ1) is 12.7. The zero-order valence-corrected chi connectivity index (χ0v) is 15.7. The molecule has 1 aliphatic rings. The van der Waals surface area contributed by atoms with Crippen LogP contribution in [0.15, 0.2) is 60.8 Å². The zero-order valence-electron chi connectivity index (χ0n) is 15.7. The molecule has 1 aliphatic heterocycles. The van der Waals surface area contributed by atoms with Gasteiger partial charge in [0.15, 0.2) is 0 Å². The fourth-order valence-corrected chi connectivity index (χ4v) is 3.21. The van der Waals surface area contributed by atoms with E-state index in [-0.39, 0.29) is 0 Å². The Hall–Kier alpha value is -2.14. The number of nitrogens with zero attached hydrogens (tertiary/aromatic N) is 2. The Morgan fingerprint density at radius 2 is 1.81 bits per heavy atom. The van der Waals surface area contributed by atoms with Crippen molar-refractivity contribution in [2.75, 3.05) is 39.9 Å². The largest absolute Gasteiger partial charge is 0.379 e. The smallest absolute Gasteiger partial charge is 0.0594 e. The van der Waals surface area contributed by atoms with E-state index < -0.39 is 0 Å². The number of morpholine rings is 1. The van der Waals surface area contributed by atoms with Crippen molar-refractivity contribution in [1.29, 1.82) is 0 Å². The van der Waals surface area contributed by atoms with E-state index >= 15 is 0 Å². The predicted octanol–water partition coefficient (Wildman–Crippen LogP) is 3.09. The molecule has 1 heterocycles. The van der Waals surface area contributed by atoms with Crippen LogP contribution in [-0.2, 0) is 17.8 Å². The first-order valence-electron chi connectivity index (χ1n) is 9.23. The molecular weight excluding hydrogens is 322 g/mol. The van der Waals surface area contributed by atoms with Gasteiger partial charge in [0.1, 0.15) is 0 Å². The molecule has 2 aromatic rings. The van der Waals surface area contributed by atoms with Crippen molar-refractivity contribution in [3.63, 3.8) is 0 Å². The minimum Gasteiger partial charge on any atom is -0.379 e. The summed E-state index contributed by atoms with van der Waals surface area (Å²) in [4.78, 5) is 4.55. The molecule has 4 nitrogen and oxygen atoms in total. The van der Waals surface area contributed by atoms with Gasteiger partial charge in [0.25, 0.3) is 0 Å². The maximum Gasteiger partial charge on any atom is 0.0594 e. The van der Waals surface area contributed by atoms with Crippen LogP contribution >= 0.6 is 0 Å². The molecule has 138 valence electrons. The monoisotopic (exact) mass is 351 g/mol. The molecule has 1 fully saturated rings. The molecule has 0 spiro atoms. The lowest BCUT2D eigenvalue weighted by atomic mass is 10.0. The number of benzene rings is 2. The molecule has 4 heteroatoms. The minimum absolute atomic E-state index is 0.487. The van der Waals surface area contributed by atoms with Gasteiger partial charge in [-0.25, -0.2) is 0 Å². The molecule has 2 N–H and O–H groups in total. The highest BCUT2D eigenvalue weighted by Gasteiger charge is 2.10. The molecule has 0 amide bonds. The number of rotatable bonds is 7. The van der Waals surface area contributed by atoms with E-state index in [2.05, 4.69) is 64.9 Å². The van der Waals surface area contributed by atoms with Crippen LogP contribution in [0.1, 0.15) is 11.1 Å². The molecule has 26 heavy (non-hydrogen) atoms. The molecule has 3 rings (SSSR count). The summed E-state index contributed by atoms with van der Waals surface area (Å²) in [7, 11) is 2.03. The maximum atomic E-state index is 5.68. The van der Waals surface area contributed by atoms with Crippen LogP contribution in [0.2, 0.25) is 0 Å². The topological polar surface area (TPSA) is 41.7 Å². The van der Waals surface area contributed by atoms with Gasteiger partial charge in [0.2, 0.25) is 0 Å². The summed E-state index contributed by atoms with van der Waals surface area (Å²) >= 11 is 0. The van der Waals surface area contributed by atoms with Crippen LogP contribution < -0.4 is 5.73 Å². The molecule has 0 aliphatic carbocycles. The molecule has 0 radical (unpaired) electrons. The average Bonchev–Trinajstić information content (AvgIpc) is 2.69. The van der Waals surface area contributed by atoms with Gasteiger partial charge >= 0.3 is 0 Å². The second-order valence-corrected chi connectivity index (χ2v) is 6.91. The Bertz CT molecular complexity index is 720. The van der Waals surface area contributed by atoms with Crippen molar-refractivity contribution < 1.29 is 4.74 Å². The summed E-state index contributed by atoms with van der Waals surface area (Å²) in [5.74, 6) is 0. The van der Waals surface area contributed by atoms with E-state index in [0.29, 0.717) is 6.54 Å². The summed E-state index contributed by atoms with van der Waals surface area (Å²) < 4.78 is 5.42. The van der Waals surface area contributed by atoms with Gasteiger partial charge in [0, 0.05) is 45.5 Å². The molecular formula is C22H29N3O. The van der Waals surface area contributed by atoms with Crippen molar-refractivity contribution in [3.8, 4) is 11.1 Å². The Balaban J connectivity index is 1.66. The van der Waals surface area contributed by atoms with Gasteiger partial charge in [-0.15, -0.1) is 0 Å². The van der Waals surface area contributed by atoms with Crippen molar-refractivity contribution in [1.82, 2.24) is 9.80 Å². The maximum absolute atomic E-state index is 5.68. The predicted molar refractivity (Wildman–Crippen MR) is 108 cm³/mol. The van der Waals surface area contributed by atoms with E-state index in [1.165, 1.54) is 22.3 Å². The van der Waals surface area contributed by atoms with E-state index in [0.717, 1.165) is 45.1 Å². The number of likely N-dealkylation sites (N-methyl/N-ethyl adjacent to an activating group) is 1. The lowest BCUT2D eigenvalue weighted by molar-refractivity contribution is 0.0342. The highest BCUT2D eigenvalue weighted by atomic mass is 16.5. The molecule has 0 aromatic heterocycles. The van der Waals surface area contributed by atoms with Crippen molar-refractivity contribution >= 4 is 0 Å². The number of ether oxygens (including phenoxy) is 1. The van der Waals surface area contributed by atoms with Crippen molar-refractivity contribution in [2.45, 2.75) is 13.1 Å². The van der Waals surface area contributed by atoms with E-state index in [9.17, 15) is 0 Å². The highest BCUT2D eigenvalue weighted by molar-refractivity contribution is 5.64. The summed E-state index contributed by atoms with van der Waals surface area (Å²) in [5.41, 5.74) is 11.7. The second-order valence-electron chi connectivity index (χ2n) is 6.91. The number of hydrogen-bond donors (Lipinski definition) is 1. The van der Waals surface area contributed by atoms with E-state index in [1.807, 2.05) is 7.05 Å². The summed E-state index contributed by atoms with van der Waals surface area (Å²) in [6.45, 7) is 10.0. The SMILES string of the molecule is C=C(CN)N(C)Cc1cccc(-c2ccc(CN3CCOCC3)cc2)c1. The number of hydrogen-bond acceptors (Lipinski definition) is 4. The van der Waals surface area contributed by atoms with Gasteiger partial charge in [-0.3, -0.25) is 4.90 Å². The Labute approximate surface area is 156 Å². The highest BCUT2D eigenvalue weighted by Crippen LogP contribution is 2.22. The zero-order chi connectivity index (χ0) is 18.4. The summed E-state index contributed by atoms with van der Waals surface area (Å²) in [6, 6.07) is 17.6. The molecule has 0 atom stereocenters. The summed E-state index contributed by atoms with van der Waals surface area (Å²) in [5, 5.41) is 0. The fraction of sp³-hybridized carbons (Fsp3) is 0.364.